The number of nitrogens with zero attached hydrogens (tertiary/aromatic N) is 1. The summed E-state index contributed by atoms with van der Waals surface area (Å²) in [7, 11) is -4.05. The summed E-state index contributed by atoms with van der Waals surface area (Å²) in [5, 5.41) is 0. The highest BCUT2D eigenvalue weighted by Crippen LogP contribution is 2.39. The molecule has 0 spiro atoms. The molecule has 0 aromatic heterocycles. The lowest BCUT2D eigenvalue weighted by Gasteiger charge is -2.25. The van der Waals surface area contributed by atoms with E-state index in [1.54, 1.807) is 12.1 Å². The first-order chi connectivity index (χ1) is 15.5. The minimum atomic E-state index is -4.05. The minimum absolute atomic E-state index is 0.238. The summed E-state index contributed by atoms with van der Waals surface area (Å²) in [5.41, 5.74) is 5.92. The molecule has 0 aliphatic rings. The quantitative estimate of drug-likeness (QED) is 0.239. The van der Waals surface area contributed by atoms with Gasteiger partial charge < -0.3 is 14.7 Å². The van der Waals surface area contributed by atoms with Crippen LogP contribution in [-0.2, 0) is 10.7 Å². The highest BCUT2D eigenvalue weighted by molar-refractivity contribution is 7.50. The van der Waals surface area contributed by atoms with Gasteiger partial charge in [0.05, 0.1) is 6.16 Å². The minimum Gasteiger partial charge on any atom is -0.324 e. The van der Waals surface area contributed by atoms with Crippen molar-refractivity contribution < 1.29 is 14.4 Å². The van der Waals surface area contributed by atoms with E-state index in [0.29, 0.717) is 5.56 Å². The summed E-state index contributed by atoms with van der Waals surface area (Å²) in [6.07, 6.45) is 3.78. The van der Waals surface area contributed by atoms with Crippen LogP contribution in [0, 0.1) is 0 Å². The second kappa shape index (κ2) is 9.80. The van der Waals surface area contributed by atoms with Gasteiger partial charge >= 0.3 is 7.60 Å². The van der Waals surface area contributed by atoms with Crippen molar-refractivity contribution in [1.82, 2.24) is 0 Å². The molecule has 0 fully saturated rings. The maximum atomic E-state index is 11.1. The summed E-state index contributed by atoms with van der Waals surface area (Å²) in [6, 6.07) is 36.1. The number of hydrogen-bond donors (Lipinski definition) is 2. The summed E-state index contributed by atoms with van der Waals surface area (Å²) >= 11 is 0. The molecule has 5 heteroatoms. The molecule has 0 amide bonds. The molecule has 160 valence electrons. The Labute approximate surface area is 188 Å². The van der Waals surface area contributed by atoms with Crippen LogP contribution in [0.4, 0.5) is 17.1 Å². The van der Waals surface area contributed by atoms with E-state index in [9.17, 15) is 4.57 Å². The largest absolute Gasteiger partial charge is 0.329 e. The molecule has 0 unspecified atom stereocenters. The first kappa shape index (κ1) is 21.8. The molecule has 4 nitrogen and oxygen atoms in total. The molecule has 0 radical (unpaired) electrons. The molecule has 0 aliphatic heterocycles. The zero-order valence-electron chi connectivity index (χ0n) is 17.5. The van der Waals surface area contributed by atoms with Crippen molar-refractivity contribution in [3.63, 3.8) is 0 Å². The van der Waals surface area contributed by atoms with E-state index in [1.165, 1.54) is 0 Å². The molecule has 0 bridgehead atoms. The third-order valence-electron chi connectivity index (χ3n) is 5.02. The van der Waals surface area contributed by atoms with E-state index >= 15 is 0 Å². The fourth-order valence-corrected chi connectivity index (χ4v) is 4.19. The van der Waals surface area contributed by atoms with Gasteiger partial charge in [0.15, 0.2) is 0 Å². The molecule has 0 saturated heterocycles. The average molecular weight is 441 g/mol. The van der Waals surface area contributed by atoms with E-state index in [4.69, 9.17) is 9.79 Å². The number of hydrogen-bond acceptors (Lipinski definition) is 2. The third kappa shape index (κ3) is 5.83. The normalized spacial score (nSPS) is 11.6. The van der Waals surface area contributed by atoms with Crippen molar-refractivity contribution in [2.75, 3.05) is 4.90 Å². The molecule has 0 saturated carbocycles. The molecule has 4 aromatic rings. The molecular formula is C27H24NO3P. The SMILES string of the molecule is O=P(O)(O)Cc1ccc(C=Cc2ccc(N(c3ccccc3)c3ccccc3)cc2)cc1. The van der Waals surface area contributed by atoms with Crippen LogP contribution in [0.15, 0.2) is 109 Å². The molecular weight excluding hydrogens is 417 g/mol. The first-order valence-corrected chi connectivity index (χ1v) is 12.1. The van der Waals surface area contributed by atoms with E-state index in [1.807, 2.05) is 60.7 Å². The van der Waals surface area contributed by atoms with Gasteiger partial charge in [-0.15, -0.1) is 0 Å². The summed E-state index contributed by atoms with van der Waals surface area (Å²) in [6.45, 7) is 0. The zero-order chi connectivity index (χ0) is 22.4. The number of anilines is 3. The maximum Gasteiger partial charge on any atom is 0.329 e. The highest BCUT2D eigenvalue weighted by atomic mass is 31.2. The lowest BCUT2D eigenvalue weighted by atomic mass is 10.1. The van der Waals surface area contributed by atoms with Gasteiger partial charge in [-0.1, -0.05) is 84.9 Å². The van der Waals surface area contributed by atoms with Crippen molar-refractivity contribution in [2.45, 2.75) is 6.16 Å². The van der Waals surface area contributed by atoms with Crippen LogP contribution < -0.4 is 4.90 Å². The van der Waals surface area contributed by atoms with Gasteiger partial charge in [-0.25, -0.2) is 0 Å². The molecule has 0 heterocycles. The van der Waals surface area contributed by atoms with Crippen LogP contribution in [-0.4, -0.2) is 9.79 Å². The van der Waals surface area contributed by atoms with E-state index in [2.05, 4.69) is 53.4 Å². The van der Waals surface area contributed by atoms with E-state index < -0.39 is 7.60 Å². The standard InChI is InChI=1S/C27H24NO3P/c29-32(30,31)21-24-15-13-22(14-16-24)11-12-23-17-19-27(20-18-23)28(25-7-3-1-4-8-25)26-9-5-2-6-10-26/h1-20H,21H2,(H2,29,30,31). The van der Waals surface area contributed by atoms with Crippen LogP contribution >= 0.6 is 7.60 Å². The van der Waals surface area contributed by atoms with Crippen molar-refractivity contribution in [3.05, 3.63) is 126 Å². The molecule has 0 aliphatic carbocycles. The summed E-state index contributed by atoms with van der Waals surface area (Å²) < 4.78 is 11.1. The summed E-state index contributed by atoms with van der Waals surface area (Å²) in [5.74, 6) is 0. The second-order valence-corrected chi connectivity index (χ2v) is 9.14. The molecule has 4 rings (SSSR count). The maximum absolute atomic E-state index is 11.1. The van der Waals surface area contributed by atoms with Gasteiger partial charge in [0, 0.05) is 17.1 Å². The Balaban J connectivity index is 1.53. The predicted octanol–water partition coefficient (Wildman–Crippen LogP) is 7.00. The van der Waals surface area contributed by atoms with Crippen LogP contribution in [0.25, 0.3) is 12.2 Å². The Morgan fingerprint density at radius 3 is 1.44 bits per heavy atom. The Morgan fingerprint density at radius 1 is 0.594 bits per heavy atom. The molecule has 32 heavy (non-hydrogen) atoms. The zero-order valence-corrected chi connectivity index (χ0v) is 18.3. The van der Waals surface area contributed by atoms with Crippen molar-refractivity contribution >= 4 is 36.8 Å². The molecule has 0 atom stereocenters. The van der Waals surface area contributed by atoms with Crippen LogP contribution in [0.1, 0.15) is 16.7 Å². The van der Waals surface area contributed by atoms with Crippen LogP contribution in [0.3, 0.4) is 0 Å². The summed E-state index contributed by atoms with van der Waals surface area (Å²) in [4.78, 5) is 20.4. The topological polar surface area (TPSA) is 60.8 Å². The van der Waals surface area contributed by atoms with E-state index in [-0.39, 0.29) is 6.16 Å². The number of para-hydroxylation sites is 2. The highest BCUT2D eigenvalue weighted by Gasteiger charge is 2.13. The van der Waals surface area contributed by atoms with Gasteiger partial charge in [-0.2, -0.15) is 0 Å². The van der Waals surface area contributed by atoms with Crippen molar-refractivity contribution in [3.8, 4) is 0 Å². The fraction of sp³-hybridized carbons (Fsp3) is 0.0370. The van der Waals surface area contributed by atoms with Gasteiger partial charge in [-0.05, 0) is 53.1 Å². The van der Waals surface area contributed by atoms with Crippen LogP contribution in [0.5, 0.6) is 0 Å². The molecule has 4 aromatic carbocycles. The second-order valence-electron chi connectivity index (χ2n) is 7.50. The smallest absolute Gasteiger partial charge is 0.324 e. The van der Waals surface area contributed by atoms with Crippen molar-refractivity contribution in [1.29, 1.82) is 0 Å². The third-order valence-corrected chi connectivity index (χ3v) is 5.79. The Morgan fingerprint density at radius 2 is 1.00 bits per heavy atom. The number of benzene rings is 4. The molecule has 2 N–H and O–H groups in total. The fourth-order valence-electron chi connectivity index (χ4n) is 3.50. The number of rotatable bonds is 7. The Hall–Kier alpha value is -3.43. The monoisotopic (exact) mass is 441 g/mol. The lowest BCUT2D eigenvalue weighted by molar-refractivity contribution is 0.371. The lowest BCUT2D eigenvalue weighted by Crippen LogP contribution is -2.09. The van der Waals surface area contributed by atoms with Gasteiger partial charge in [0.25, 0.3) is 0 Å². The van der Waals surface area contributed by atoms with Gasteiger partial charge in [0.1, 0.15) is 0 Å². The first-order valence-electron chi connectivity index (χ1n) is 10.3. The van der Waals surface area contributed by atoms with Gasteiger partial charge in [0.2, 0.25) is 0 Å². The Kier molecular flexibility index (Phi) is 6.67. The van der Waals surface area contributed by atoms with Crippen molar-refractivity contribution in [2.24, 2.45) is 0 Å². The Bertz CT molecular complexity index is 1180. The average Bonchev–Trinajstić information content (AvgIpc) is 2.80. The van der Waals surface area contributed by atoms with E-state index in [0.717, 1.165) is 28.2 Å². The van der Waals surface area contributed by atoms with Crippen LogP contribution in [0.2, 0.25) is 0 Å². The predicted molar refractivity (Wildman–Crippen MR) is 132 cm³/mol. The van der Waals surface area contributed by atoms with Gasteiger partial charge in [-0.3, -0.25) is 4.57 Å².